The summed E-state index contributed by atoms with van der Waals surface area (Å²) in [6.45, 7) is 3.05. The lowest BCUT2D eigenvalue weighted by atomic mass is 10.2. The van der Waals surface area contributed by atoms with Crippen LogP contribution < -0.4 is 5.43 Å². The minimum Gasteiger partial charge on any atom is -0.357 e. The van der Waals surface area contributed by atoms with E-state index >= 15 is 0 Å². The Morgan fingerprint density at radius 3 is 3.00 bits per heavy atom. The summed E-state index contributed by atoms with van der Waals surface area (Å²) in [5.74, 6) is 0. The summed E-state index contributed by atoms with van der Waals surface area (Å²) in [4.78, 5) is 0. The van der Waals surface area contributed by atoms with Crippen molar-refractivity contribution in [2.24, 2.45) is 0 Å². The van der Waals surface area contributed by atoms with Crippen LogP contribution in [0.1, 0.15) is 26.2 Å². The Morgan fingerprint density at radius 2 is 2.42 bits per heavy atom. The van der Waals surface area contributed by atoms with Gasteiger partial charge >= 0.3 is 0 Å². The molecule has 0 saturated carbocycles. The van der Waals surface area contributed by atoms with Gasteiger partial charge in [-0.2, -0.15) is 0 Å². The summed E-state index contributed by atoms with van der Waals surface area (Å²) in [7, 11) is 0. The lowest BCUT2D eigenvalue weighted by Gasteiger charge is -2.31. The molecule has 1 N–H and O–H groups in total. The molecule has 0 radical (unpaired) electrons. The first-order valence-corrected chi connectivity index (χ1v) is 4.71. The van der Waals surface area contributed by atoms with Gasteiger partial charge in [0.2, 0.25) is 0 Å². The van der Waals surface area contributed by atoms with Gasteiger partial charge in [0.15, 0.2) is 0 Å². The Labute approximate surface area is 73.4 Å². The van der Waals surface area contributed by atoms with E-state index in [1.54, 1.807) is 0 Å². The van der Waals surface area contributed by atoms with Crippen molar-refractivity contribution in [2.45, 2.75) is 38.5 Å². The molecule has 0 aromatic carbocycles. The smallest absolute Gasteiger partial charge is 0.143 e. The van der Waals surface area contributed by atoms with Gasteiger partial charge in [-0.15, -0.1) is 0 Å². The zero-order chi connectivity index (χ0) is 8.39. The molecule has 68 valence electrons. The number of hydrogen-bond acceptors (Lipinski definition) is 3. The van der Waals surface area contributed by atoms with Crippen LogP contribution in [0.25, 0.3) is 0 Å². The highest BCUT2D eigenvalue weighted by atomic mass is 16.5. The molecule has 0 spiro atoms. The Kier molecular flexibility index (Phi) is 2.33. The third-order valence-corrected chi connectivity index (χ3v) is 2.35. The molecule has 0 aromatic rings. The van der Waals surface area contributed by atoms with Crippen LogP contribution in [-0.4, -0.2) is 23.9 Å². The maximum Gasteiger partial charge on any atom is 0.143 e. The Hall–Kier alpha value is -0.540. The molecule has 1 fully saturated rings. The number of nitrogens with zero attached hydrogens (tertiary/aromatic N) is 1. The van der Waals surface area contributed by atoms with E-state index in [0.29, 0.717) is 6.04 Å². The normalized spacial score (nSPS) is 35.9. The first-order valence-electron chi connectivity index (χ1n) is 4.71. The molecule has 2 unspecified atom stereocenters. The third-order valence-electron chi connectivity index (χ3n) is 2.35. The van der Waals surface area contributed by atoms with Crippen LogP contribution in [0.2, 0.25) is 0 Å². The molecule has 0 aromatic heterocycles. The minimum atomic E-state index is 0.264. The summed E-state index contributed by atoms with van der Waals surface area (Å²) in [5.41, 5.74) is 3.32. The second-order valence-corrected chi connectivity index (χ2v) is 3.49. The van der Waals surface area contributed by atoms with E-state index in [4.69, 9.17) is 4.74 Å². The Morgan fingerprint density at radius 1 is 1.50 bits per heavy atom. The molecule has 12 heavy (non-hydrogen) atoms. The summed E-state index contributed by atoms with van der Waals surface area (Å²) in [5, 5.41) is 2.09. The number of nitrogens with one attached hydrogen (secondary N) is 1. The molecular formula is C9H16N2O. The highest BCUT2D eigenvalue weighted by Crippen LogP contribution is 2.17. The number of rotatable bonds is 1. The average Bonchev–Trinajstić information content (AvgIpc) is 2.54. The molecule has 0 bridgehead atoms. The van der Waals surface area contributed by atoms with Crippen LogP contribution in [0.5, 0.6) is 0 Å². The summed E-state index contributed by atoms with van der Waals surface area (Å²) in [6.07, 6.45) is 8.14. The summed E-state index contributed by atoms with van der Waals surface area (Å²) >= 11 is 0. The molecule has 3 nitrogen and oxygen atoms in total. The number of hydrazine groups is 1. The van der Waals surface area contributed by atoms with Gasteiger partial charge < -0.3 is 4.74 Å². The van der Waals surface area contributed by atoms with Crippen LogP contribution >= 0.6 is 0 Å². The first kappa shape index (κ1) is 8.08. The molecule has 0 amide bonds. The van der Waals surface area contributed by atoms with Gasteiger partial charge in [-0.3, -0.25) is 5.01 Å². The van der Waals surface area contributed by atoms with Crippen LogP contribution in [-0.2, 0) is 4.74 Å². The zero-order valence-electron chi connectivity index (χ0n) is 7.49. The molecule has 2 heterocycles. The second kappa shape index (κ2) is 3.46. The Balaban J connectivity index is 1.87. The van der Waals surface area contributed by atoms with E-state index in [0.717, 1.165) is 13.0 Å². The van der Waals surface area contributed by atoms with E-state index in [1.165, 1.54) is 12.8 Å². The maximum atomic E-state index is 5.62. The van der Waals surface area contributed by atoms with Gasteiger partial charge in [-0.05, 0) is 32.3 Å². The van der Waals surface area contributed by atoms with Crippen molar-refractivity contribution in [3.8, 4) is 0 Å². The molecule has 2 aliphatic rings. The fraction of sp³-hybridized carbons (Fsp3) is 0.778. The SMILES string of the molecule is CC1C=CN(C2CCCCO2)N1. The van der Waals surface area contributed by atoms with Crippen molar-refractivity contribution in [1.29, 1.82) is 0 Å². The van der Waals surface area contributed by atoms with Gasteiger partial charge in [0, 0.05) is 18.8 Å². The minimum absolute atomic E-state index is 0.264. The van der Waals surface area contributed by atoms with Crippen LogP contribution in [0, 0.1) is 0 Å². The first-order chi connectivity index (χ1) is 5.86. The molecule has 2 atom stereocenters. The van der Waals surface area contributed by atoms with E-state index < -0.39 is 0 Å². The largest absolute Gasteiger partial charge is 0.357 e. The highest BCUT2D eigenvalue weighted by molar-refractivity contribution is 4.97. The molecule has 0 aliphatic carbocycles. The van der Waals surface area contributed by atoms with Crippen molar-refractivity contribution in [2.75, 3.05) is 6.61 Å². The monoisotopic (exact) mass is 168 g/mol. The molecular weight excluding hydrogens is 152 g/mol. The maximum absolute atomic E-state index is 5.62. The van der Waals surface area contributed by atoms with Crippen molar-refractivity contribution < 1.29 is 4.74 Å². The van der Waals surface area contributed by atoms with Gasteiger partial charge in [-0.25, -0.2) is 5.43 Å². The van der Waals surface area contributed by atoms with Gasteiger partial charge in [0.1, 0.15) is 6.23 Å². The van der Waals surface area contributed by atoms with E-state index in [1.807, 2.05) is 0 Å². The van der Waals surface area contributed by atoms with Crippen molar-refractivity contribution >= 4 is 0 Å². The topological polar surface area (TPSA) is 24.5 Å². The standard InChI is InChI=1S/C9H16N2O/c1-8-5-6-11(10-8)9-4-2-3-7-12-9/h5-6,8-10H,2-4,7H2,1H3. The van der Waals surface area contributed by atoms with Gasteiger partial charge in [0.25, 0.3) is 0 Å². The predicted octanol–water partition coefficient (Wildman–Crippen LogP) is 1.24. The average molecular weight is 168 g/mol. The fourth-order valence-electron chi connectivity index (χ4n) is 1.67. The molecule has 2 aliphatic heterocycles. The highest BCUT2D eigenvalue weighted by Gasteiger charge is 2.22. The van der Waals surface area contributed by atoms with Crippen molar-refractivity contribution in [1.82, 2.24) is 10.4 Å². The van der Waals surface area contributed by atoms with Crippen molar-refractivity contribution in [3.63, 3.8) is 0 Å². The van der Waals surface area contributed by atoms with Gasteiger partial charge in [0.05, 0.1) is 0 Å². The lowest BCUT2D eigenvalue weighted by Crippen LogP contribution is -2.44. The van der Waals surface area contributed by atoms with E-state index in [2.05, 4.69) is 29.6 Å². The quantitative estimate of drug-likeness (QED) is 0.637. The second-order valence-electron chi connectivity index (χ2n) is 3.49. The fourth-order valence-corrected chi connectivity index (χ4v) is 1.67. The summed E-state index contributed by atoms with van der Waals surface area (Å²) in [6, 6.07) is 0.454. The predicted molar refractivity (Wildman–Crippen MR) is 47.2 cm³/mol. The number of hydrogen-bond donors (Lipinski definition) is 1. The molecule has 1 saturated heterocycles. The lowest BCUT2D eigenvalue weighted by molar-refractivity contribution is -0.0824. The summed E-state index contributed by atoms with van der Waals surface area (Å²) < 4.78 is 5.62. The number of ether oxygens (including phenoxy) is 1. The van der Waals surface area contributed by atoms with E-state index in [-0.39, 0.29) is 6.23 Å². The van der Waals surface area contributed by atoms with Crippen molar-refractivity contribution in [3.05, 3.63) is 12.3 Å². The van der Waals surface area contributed by atoms with Crippen LogP contribution in [0.3, 0.4) is 0 Å². The van der Waals surface area contributed by atoms with E-state index in [9.17, 15) is 0 Å². The molecule has 2 rings (SSSR count). The Bertz CT molecular complexity index is 175. The third kappa shape index (κ3) is 1.62. The zero-order valence-corrected chi connectivity index (χ0v) is 7.49. The molecule has 3 heteroatoms. The van der Waals surface area contributed by atoms with Crippen LogP contribution in [0.4, 0.5) is 0 Å². The van der Waals surface area contributed by atoms with Gasteiger partial charge in [-0.1, -0.05) is 0 Å². The van der Waals surface area contributed by atoms with Crippen LogP contribution in [0.15, 0.2) is 12.3 Å².